The van der Waals surface area contributed by atoms with Gasteiger partial charge < -0.3 is 10.2 Å². The van der Waals surface area contributed by atoms with Crippen LogP contribution < -0.4 is 0 Å². The van der Waals surface area contributed by atoms with E-state index in [0.29, 0.717) is 10.6 Å². The number of hydrogen-bond acceptors (Lipinski definition) is 5. The highest BCUT2D eigenvalue weighted by atomic mass is 32.1. The number of phenols is 2. The molecule has 84 valence electrons. The van der Waals surface area contributed by atoms with Crippen molar-refractivity contribution in [2.45, 2.75) is 19.8 Å². The summed E-state index contributed by atoms with van der Waals surface area (Å²) in [7, 11) is 0. The molecule has 4 nitrogen and oxygen atoms in total. The van der Waals surface area contributed by atoms with E-state index in [1.807, 2.05) is 0 Å². The maximum atomic E-state index is 9.66. The molecule has 5 heteroatoms. The van der Waals surface area contributed by atoms with Crippen molar-refractivity contribution in [2.24, 2.45) is 0 Å². The molecule has 2 rings (SSSR count). The lowest BCUT2D eigenvalue weighted by Crippen LogP contribution is -1.80. The quantitative estimate of drug-likeness (QED) is 0.859. The standard InChI is InChI=1S/C11H12N2O2S/c1-2-3-10-12-13-11(16-10)8-5-4-7(14)6-9(8)15/h4-6,14-15H,2-3H2,1H3. The summed E-state index contributed by atoms with van der Waals surface area (Å²) in [4.78, 5) is 0. The van der Waals surface area contributed by atoms with Crippen LogP contribution >= 0.6 is 11.3 Å². The highest BCUT2D eigenvalue weighted by molar-refractivity contribution is 7.14. The van der Waals surface area contributed by atoms with Gasteiger partial charge in [-0.1, -0.05) is 18.3 Å². The first-order valence-corrected chi connectivity index (χ1v) is 5.87. The van der Waals surface area contributed by atoms with E-state index in [4.69, 9.17) is 0 Å². The Morgan fingerprint density at radius 2 is 2.06 bits per heavy atom. The van der Waals surface area contributed by atoms with Gasteiger partial charge >= 0.3 is 0 Å². The molecule has 0 aliphatic rings. The molecule has 1 heterocycles. The lowest BCUT2D eigenvalue weighted by molar-refractivity contribution is 0.452. The highest BCUT2D eigenvalue weighted by Crippen LogP contribution is 2.33. The van der Waals surface area contributed by atoms with Crippen LogP contribution in [0.4, 0.5) is 0 Å². The van der Waals surface area contributed by atoms with Crippen LogP contribution in [0, 0.1) is 0 Å². The zero-order valence-corrected chi connectivity index (χ0v) is 9.66. The highest BCUT2D eigenvalue weighted by Gasteiger charge is 2.10. The van der Waals surface area contributed by atoms with Crippen molar-refractivity contribution in [3.05, 3.63) is 23.2 Å². The zero-order chi connectivity index (χ0) is 11.5. The first kappa shape index (κ1) is 10.9. The number of benzene rings is 1. The van der Waals surface area contributed by atoms with Gasteiger partial charge in [-0.05, 0) is 18.6 Å². The lowest BCUT2D eigenvalue weighted by Gasteiger charge is -1.99. The van der Waals surface area contributed by atoms with Crippen LogP contribution in [0.3, 0.4) is 0 Å². The third-order valence-corrected chi connectivity index (χ3v) is 3.16. The van der Waals surface area contributed by atoms with Gasteiger partial charge in [0.05, 0.1) is 5.56 Å². The Bertz CT molecular complexity index is 496. The number of aryl methyl sites for hydroxylation is 1. The molecule has 0 saturated carbocycles. The molecular weight excluding hydrogens is 224 g/mol. The Hall–Kier alpha value is -1.62. The van der Waals surface area contributed by atoms with Crippen molar-refractivity contribution in [1.29, 1.82) is 0 Å². The number of hydrogen-bond donors (Lipinski definition) is 2. The van der Waals surface area contributed by atoms with E-state index < -0.39 is 0 Å². The van der Waals surface area contributed by atoms with Gasteiger partial charge in [-0.15, -0.1) is 10.2 Å². The Morgan fingerprint density at radius 1 is 1.25 bits per heavy atom. The fourth-order valence-electron chi connectivity index (χ4n) is 1.38. The van der Waals surface area contributed by atoms with Crippen molar-refractivity contribution in [3.63, 3.8) is 0 Å². The van der Waals surface area contributed by atoms with Gasteiger partial charge in [0.15, 0.2) is 5.01 Å². The molecule has 0 atom stereocenters. The second-order valence-corrected chi connectivity index (χ2v) is 4.51. The summed E-state index contributed by atoms with van der Waals surface area (Å²) in [5.41, 5.74) is 0.609. The van der Waals surface area contributed by atoms with Gasteiger partial charge in [0.25, 0.3) is 0 Å². The van der Waals surface area contributed by atoms with E-state index >= 15 is 0 Å². The largest absolute Gasteiger partial charge is 0.508 e. The summed E-state index contributed by atoms with van der Waals surface area (Å²) in [6.07, 6.45) is 1.92. The van der Waals surface area contributed by atoms with E-state index in [2.05, 4.69) is 17.1 Å². The predicted molar refractivity (Wildman–Crippen MR) is 62.7 cm³/mol. The van der Waals surface area contributed by atoms with E-state index in [0.717, 1.165) is 17.8 Å². The summed E-state index contributed by atoms with van der Waals surface area (Å²) >= 11 is 1.47. The SMILES string of the molecule is CCCc1nnc(-c2ccc(O)cc2O)s1. The summed E-state index contributed by atoms with van der Waals surface area (Å²) in [5.74, 6) is 0.0683. The molecule has 0 unspecified atom stereocenters. The molecule has 0 saturated heterocycles. The molecule has 16 heavy (non-hydrogen) atoms. The number of rotatable bonds is 3. The van der Waals surface area contributed by atoms with Crippen molar-refractivity contribution >= 4 is 11.3 Å². The second kappa shape index (κ2) is 4.49. The Morgan fingerprint density at radius 3 is 2.75 bits per heavy atom. The number of aromatic hydroxyl groups is 2. The normalized spacial score (nSPS) is 10.6. The van der Waals surface area contributed by atoms with Gasteiger partial charge in [-0.2, -0.15) is 0 Å². The average molecular weight is 236 g/mol. The number of phenolic OH excluding ortho intramolecular Hbond substituents is 2. The first-order valence-electron chi connectivity index (χ1n) is 5.05. The molecule has 0 fully saturated rings. The third kappa shape index (κ3) is 2.14. The smallest absolute Gasteiger partial charge is 0.151 e. The lowest BCUT2D eigenvalue weighted by atomic mass is 10.2. The summed E-state index contributed by atoms with van der Waals surface area (Å²) in [6, 6.07) is 4.47. The van der Waals surface area contributed by atoms with Crippen LogP contribution in [-0.2, 0) is 6.42 Å². The minimum absolute atomic E-state index is 0.0270. The topological polar surface area (TPSA) is 66.2 Å². The molecule has 2 N–H and O–H groups in total. The monoisotopic (exact) mass is 236 g/mol. The Labute approximate surface area is 97.2 Å². The molecule has 0 aliphatic heterocycles. The molecule has 0 aliphatic carbocycles. The maximum Gasteiger partial charge on any atom is 0.151 e. The Kier molecular flexibility index (Phi) is 3.05. The van der Waals surface area contributed by atoms with Crippen LogP contribution in [-0.4, -0.2) is 20.4 Å². The average Bonchev–Trinajstić information content (AvgIpc) is 2.67. The van der Waals surface area contributed by atoms with E-state index in [9.17, 15) is 10.2 Å². The van der Waals surface area contributed by atoms with Crippen molar-refractivity contribution in [3.8, 4) is 22.1 Å². The van der Waals surface area contributed by atoms with Crippen molar-refractivity contribution in [1.82, 2.24) is 10.2 Å². The molecular formula is C11H12N2O2S. The van der Waals surface area contributed by atoms with Gasteiger partial charge in [0.1, 0.15) is 16.5 Å². The maximum absolute atomic E-state index is 9.66. The van der Waals surface area contributed by atoms with Crippen molar-refractivity contribution < 1.29 is 10.2 Å². The van der Waals surface area contributed by atoms with Gasteiger partial charge in [-0.25, -0.2) is 0 Å². The van der Waals surface area contributed by atoms with Crippen LogP contribution in [0.25, 0.3) is 10.6 Å². The van der Waals surface area contributed by atoms with Crippen molar-refractivity contribution in [2.75, 3.05) is 0 Å². The molecule has 0 radical (unpaired) electrons. The minimum Gasteiger partial charge on any atom is -0.508 e. The van der Waals surface area contributed by atoms with Crippen LogP contribution in [0.2, 0.25) is 0 Å². The fourth-order valence-corrected chi connectivity index (χ4v) is 2.35. The summed E-state index contributed by atoms with van der Waals surface area (Å²) in [5, 5.41) is 28.6. The van der Waals surface area contributed by atoms with E-state index in [1.54, 1.807) is 6.07 Å². The second-order valence-electron chi connectivity index (χ2n) is 3.45. The first-order chi connectivity index (χ1) is 7.70. The third-order valence-electron chi connectivity index (χ3n) is 2.14. The van der Waals surface area contributed by atoms with Crippen LogP contribution in [0.5, 0.6) is 11.5 Å². The zero-order valence-electron chi connectivity index (χ0n) is 8.84. The molecule has 2 aromatic rings. The minimum atomic E-state index is 0.0270. The summed E-state index contributed by atoms with van der Waals surface area (Å²) in [6.45, 7) is 2.08. The molecule has 0 bridgehead atoms. The van der Waals surface area contributed by atoms with Crippen LogP contribution in [0.15, 0.2) is 18.2 Å². The van der Waals surface area contributed by atoms with Crippen LogP contribution in [0.1, 0.15) is 18.4 Å². The van der Waals surface area contributed by atoms with Gasteiger partial charge in [0, 0.05) is 12.5 Å². The van der Waals surface area contributed by atoms with E-state index in [1.165, 1.54) is 23.5 Å². The molecule has 0 spiro atoms. The predicted octanol–water partition coefficient (Wildman–Crippen LogP) is 2.57. The number of nitrogens with zero attached hydrogens (tertiary/aromatic N) is 2. The van der Waals surface area contributed by atoms with Gasteiger partial charge in [0.2, 0.25) is 0 Å². The molecule has 1 aromatic carbocycles. The number of aromatic nitrogens is 2. The van der Waals surface area contributed by atoms with Gasteiger partial charge in [-0.3, -0.25) is 0 Å². The Balaban J connectivity index is 2.35. The fraction of sp³-hybridized carbons (Fsp3) is 0.273. The molecule has 1 aromatic heterocycles. The molecule has 0 amide bonds. The summed E-state index contributed by atoms with van der Waals surface area (Å²) < 4.78 is 0. The van der Waals surface area contributed by atoms with E-state index in [-0.39, 0.29) is 11.5 Å².